The molecule has 0 atom stereocenters. The molecule has 166 valence electrons. The molecule has 0 aliphatic carbocycles. The quantitative estimate of drug-likeness (QED) is 0.685. The summed E-state index contributed by atoms with van der Waals surface area (Å²) in [5.74, 6) is -0.455. The maximum atomic E-state index is 13.1. The molecule has 1 heterocycles. The highest BCUT2D eigenvalue weighted by Crippen LogP contribution is 2.29. The Bertz CT molecular complexity index is 1080. The molecule has 0 radical (unpaired) electrons. The number of carbonyl (C=O) groups is 2. The first kappa shape index (κ1) is 23.3. The number of ether oxygens (including phenoxy) is 1. The lowest BCUT2D eigenvalue weighted by atomic mass is 10.1. The molecule has 1 aliphatic heterocycles. The Balaban J connectivity index is 1.86. The fourth-order valence-corrected chi connectivity index (χ4v) is 5.39. The van der Waals surface area contributed by atoms with Gasteiger partial charge in [-0.05, 0) is 48.5 Å². The molecule has 31 heavy (non-hydrogen) atoms. The predicted octanol–water partition coefficient (Wildman–Crippen LogP) is 3.04. The van der Waals surface area contributed by atoms with Crippen molar-refractivity contribution in [3.8, 4) is 0 Å². The zero-order valence-electron chi connectivity index (χ0n) is 17.6. The maximum Gasteiger partial charge on any atom is 0.286 e. The lowest BCUT2D eigenvalue weighted by Gasteiger charge is -2.26. The van der Waals surface area contributed by atoms with Gasteiger partial charge in [0.2, 0.25) is 10.0 Å². The summed E-state index contributed by atoms with van der Waals surface area (Å²) in [6.07, 6.45) is 0. The van der Waals surface area contributed by atoms with Crippen LogP contribution >= 0.6 is 11.8 Å². The molecule has 1 fully saturated rings. The van der Waals surface area contributed by atoms with Crippen LogP contribution in [-0.4, -0.2) is 69.2 Å². The topological polar surface area (TPSA) is 96.0 Å². The molecule has 0 unspecified atom stereocenters. The van der Waals surface area contributed by atoms with Crippen LogP contribution in [0.25, 0.3) is 0 Å². The van der Waals surface area contributed by atoms with Crippen LogP contribution in [0.1, 0.15) is 15.9 Å². The predicted molar refractivity (Wildman–Crippen MR) is 120 cm³/mol. The minimum atomic E-state index is -3.74. The molecule has 2 aromatic carbocycles. The Kier molecular flexibility index (Phi) is 7.37. The second-order valence-electron chi connectivity index (χ2n) is 7.21. The van der Waals surface area contributed by atoms with Crippen molar-refractivity contribution in [1.82, 2.24) is 9.21 Å². The number of benzene rings is 2. The second-order valence-corrected chi connectivity index (χ2v) is 10.1. The lowest BCUT2D eigenvalue weighted by molar-refractivity contribution is 0.0730. The van der Waals surface area contributed by atoms with Gasteiger partial charge in [-0.25, -0.2) is 8.42 Å². The Hall–Kier alpha value is -2.40. The molecule has 0 bridgehead atoms. The number of rotatable bonds is 5. The number of aryl methyl sites for hydroxylation is 1. The standard InChI is InChI=1S/C21H25N3O5S2/c1-15-8-9-16(14-19(15)31(27,28)24-10-12-29-13-11-24)20(25)22-17-6-4-5-7-18(17)30-21(26)23(2)3/h4-9,14H,10-13H2,1-3H3,(H,22,25). The summed E-state index contributed by atoms with van der Waals surface area (Å²) in [7, 11) is -0.432. The summed E-state index contributed by atoms with van der Waals surface area (Å²) in [6.45, 7) is 2.95. The average molecular weight is 464 g/mol. The highest BCUT2D eigenvalue weighted by atomic mass is 32.2. The van der Waals surface area contributed by atoms with Crippen LogP contribution in [-0.2, 0) is 14.8 Å². The molecule has 2 aromatic rings. The van der Waals surface area contributed by atoms with Gasteiger partial charge in [-0.2, -0.15) is 4.31 Å². The largest absolute Gasteiger partial charge is 0.379 e. The van der Waals surface area contributed by atoms with E-state index >= 15 is 0 Å². The maximum absolute atomic E-state index is 13.1. The summed E-state index contributed by atoms with van der Waals surface area (Å²) in [5.41, 5.74) is 1.26. The number of nitrogens with zero attached hydrogens (tertiary/aromatic N) is 2. The van der Waals surface area contributed by atoms with Crippen molar-refractivity contribution < 1.29 is 22.7 Å². The van der Waals surface area contributed by atoms with Crippen LogP contribution in [0, 0.1) is 6.92 Å². The Morgan fingerprint density at radius 1 is 1.10 bits per heavy atom. The molecule has 8 nitrogen and oxygen atoms in total. The first-order valence-electron chi connectivity index (χ1n) is 9.68. The van der Waals surface area contributed by atoms with Gasteiger partial charge in [-0.3, -0.25) is 9.59 Å². The van der Waals surface area contributed by atoms with Crippen molar-refractivity contribution in [3.05, 3.63) is 53.6 Å². The van der Waals surface area contributed by atoms with Gasteiger partial charge in [-0.1, -0.05) is 18.2 Å². The lowest BCUT2D eigenvalue weighted by Crippen LogP contribution is -2.40. The molecule has 0 saturated carbocycles. The van der Waals surface area contributed by atoms with Crippen molar-refractivity contribution in [1.29, 1.82) is 0 Å². The molecule has 0 aromatic heterocycles. The molecule has 0 spiro atoms. The van der Waals surface area contributed by atoms with Gasteiger partial charge in [-0.15, -0.1) is 0 Å². The van der Waals surface area contributed by atoms with Crippen LogP contribution in [0.3, 0.4) is 0 Å². The van der Waals surface area contributed by atoms with Gasteiger partial charge in [0, 0.05) is 37.6 Å². The fraction of sp³-hybridized carbons (Fsp3) is 0.333. The molecule has 1 saturated heterocycles. The van der Waals surface area contributed by atoms with E-state index in [1.165, 1.54) is 15.3 Å². The summed E-state index contributed by atoms with van der Waals surface area (Å²) >= 11 is 1.00. The third-order valence-electron chi connectivity index (χ3n) is 4.74. The molecule has 1 N–H and O–H groups in total. The Morgan fingerprint density at radius 3 is 2.45 bits per heavy atom. The number of anilines is 1. The van der Waals surface area contributed by atoms with E-state index in [0.29, 0.717) is 29.4 Å². The van der Waals surface area contributed by atoms with Gasteiger partial charge >= 0.3 is 0 Å². The SMILES string of the molecule is Cc1ccc(C(=O)Nc2ccccc2SC(=O)N(C)C)cc1S(=O)(=O)N1CCOCC1. The zero-order valence-corrected chi connectivity index (χ0v) is 19.3. The van der Waals surface area contributed by atoms with Gasteiger partial charge in [0.15, 0.2) is 0 Å². The average Bonchev–Trinajstić information content (AvgIpc) is 2.75. The smallest absolute Gasteiger partial charge is 0.286 e. The van der Waals surface area contributed by atoms with E-state index in [1.807, 2.05) is 0 Å². The Labute approximate surface area is 186 Å². The summed E-state index contributed by atoms with van der Waals surface area (Å²) < 4.78 is 32.8. The summed E-state index contributed by atoms with van der Waals surface area (Å²) in [6, 6.07) is 11.6. The van der Waals surface area contributed by atoms with E-state index in [4.69, 9.17) is 4.74 Å². The first-order chi connectivity index (χ1) is 14.7. The fourth-order valence-electron chi connectivity index (χ4n) is 2.98. The van der Waals surface area contributed by atoms with Crippen molar-refractivity contribution in [2.45, 2.75) is 16.7 Å². The molecule has 2 amide bonds. The first-order valence-corrected chi connectivity index (χ1v) is 11.9. The third kappa shape index (κ3) is 5.45. The number of morpholine rings is 1. The van der Waals surface area contributed by atoms with E-state index in [2.05, 4.69) is 5.32 Å². The van der Waals surface area contributed by atoms with E-state index in [-0.39, 0.29) is 28.8 Å². The van der Waals surface area contributed by atoms with Crippen LogP contribution in [0.5, 0.6) is 0 Å². The summed E-state index contributed by atoms with van der Waals surface area (Å²) in [4.78, 5) is 27.1. The monoisotopic (exact) mass is 463 g/mol. The highest BCUT2D eigenvalue weighted by Gasteiger charge is 2.28. The molecular formula is C21H25N3O5S2. The van der Waals surface area contributed by atoms with Crippen LogP contribution < -0.4 is 5.32 Å². The van der Waals surface area contributed by atoms with Crippen LogP contribution in [0.2, 0.25) is 0 Å². The number of amides is 2. The molecular weight excluding hydrogens is 438 g/mol. The number of hydrogen-bond acceptors (Lipinski definition) is 6. The number of thioether (sulfide) groups is 1. The van der Waals surface area contributed by atoms with Crippen molar-refractivity contribution in [2.24, 2.45) is 0 Å². The van der Waals surface area contributed by atoms with Gasteiger partial charge in [0.05, 0.1) is 23.8 Å². The van der Waals surface area contributed by atoms with Crippen molar-refractivity contribution in [3.63, 3.8) is 0 Å². The number of nitrogens with one attached hydrogen (secondary N) is 1. The van der Waals surface area contributed by atoms with Crippen LogP contribution in [0.15, 0.2) is 52.3 Å². The highest BCUT2D eigenvalue weighted by molar-refractivity contribution is 8.13. The van der Waals surface area contributed by atoms with Gasteiger partial charge in [0.1, 0.15) is 0 Å². The minimum Gasteiger partial charge on any atom is -0.379 e. The van der Waals surface area contributed by atoms with E-state index in [0.717, 1.165) is 11.8 Å². The number of hydrogen-bond donors (Lipinski definition) is 1. The van der Waals surface area contributed by atoms with Crippen molar-refractivity contribution >= 4 is 38.6 Å². The second kappa shape index (κ2) is 9.82. The van der Waals surface area contributed by atoms with Gasteiger partial charge in [0.25, 0.3) is 11.1 Å². The molecule has 10 heteroatoms. The number of carbonyl (C=O) groups excluding carboxylic acids is 2. The van der Waals surface area contributed by atoms with Crippen molar-refractivity contribution in [2.75, 3.05) is 45.7 Å². The minimum absolute atomic E-state index is 0.104. The normalized spacial score (nSPS) is 14.8. The van der Waals surface area contributed by atoms with E-state index in [9.17, 15) is 18.0 Å². The molecule has 3 rings (SSSR count). The Morgan fingerprint density at radius 2 is 1.77 bits per heavy atom. The summed E-state index contributed by atoms with van der Waals surface area (Å²) in [5, 5.41) is 2.62. The van der Waals surface area contributed by atoms with E-state index < -0.39 is 15.9 Å². The number of para-hydroxylation sites is 1. The molecule has 1 aliphatic rings. The number of sulfonamides is 1. The van der Waals surface area contributed by atoms with Gasteiger partial charge < -0.3 is 15.0 Å². The van der Waals surface area contributed by atoms with Crippen LogP contribution in [0.4, 0.5) is 10.5 Å². The zero-order chi connectivity index (χ0) is 22.6. The third-order valence-corrected chi connectivity index (χ3v) is 7.89. The van der Waals surface area contributed by atoms with E-state index in [1.54, 1.807) is 57.4 Å².